The minimum atomic E-state index is -0.593. The van der Waals surface area contributed by atoms with Crippen molar-refractivity contribution in [1.29, 1.82) is 0 Å². The molecule has 1 fully saturated rings. The Labute approximate surface area is 130 Å². The van der Waals surface area contributed by atoms with Crippen LogP contribution in [0.1, 0.15) is 36.2 Å². The topological polar surface area (TPSA) is 66.5 Å². The number of hydrogen-bond donors (Lipinski definition) is 1. The number of ketones is 1. The Morgan fingerprint density at radius 2 is 1.91 bits per heavy atom. The summed E-state index contributed by atoms with van der Waals surface area (Å²) >= 11 is 0. The summed E-state index contributed by atoms with van der Waals surface area (Å²) in [6.07, 6.45) is 0.554. The molecule has 0 bridgehead atoms. The van der Waals surface area contributed by atoms with E-state index in [0.717, 1.165) is 5.56 Å². The smallest absolute Gasteiger partial charge is 0.295 e. The molecule has 1 aliphatic rings. The molecule has 1 atom stereocenters. The highest BCUT2D eigenvalue weighted by atomic mass is 16.2. The number of benzene rings is 1. The summed E-state index contributed by atoms with van der Waals surface area (Å²) in [7, 11) is 0. The van der Waals surface area contributed by atoms with E-state index in [1.165, 1.54) is 4.90 Å². The minimum Gasteiger partial charge on any atom is -0.353 e. The predicted molar refractivity (Wildman–Crippen MR) is 83.5 cm³/mol. The van der Waals surface area contributed by atoms with Crippen LogP contribution >= 0.6 is 0 Å². The maximum atomic E-state index is 12.5. The van der Waals surface area contributed by atoms with Gasteiger partial charge in [0.2, 0.25) is 11.7 Å². The van der Waals surface area contributed by atoms with Gasteiger partial charge in [0, 0.05) is 18.7 Å². The van der Waals surface area contributed by atoms with E-state index in [2.05, 4.69) is 5.32 Å². The standard InChI is InChI=1S/C17H22N2O3/c1-11(2)10-14-16(21)18-8-9-19(14)17(22)15(20)13-6-4-12(3)5-7-13/h4-7,11,14H,8-10H2,1-3H3,(H,18,21)/t14-/m0/s1. The first-order valence-corrected chi connectivity index (χ1v) is 7.60. The van der Waals surface area contributed by atoms with Gasteiger partial charge in [0.1, 0.15) is 6.04 Å². The zero-order valence-electron chi connectivity index (χ0n) is 13.3. The molecule has 2 amide bonds. The van der Waals surface area contributed by atoms with Gasteiger partial charge in [0.15, 0.2) is 0 Å². The maximum absolute atomic E-state index is 12.5. The summed E-state index contributed by atoms with van der Waals surface area (Å²) in [5.74, 6) is -1.06. The maximum Gasteiger partial charge on any atom is 0.295 e. The summed E-state index contributed by atoms with van der Waals surface area (Å²) in [5, 5.41) is 2.76. The molecule has 0 unspecified atom stereocenters. The van der Waals surface area contributed by atoms with E-state index in [4.69, 9.17) is 0 Å². The van der Waals surface area contributed by atoms with E-state index in [-0.39, 0.29) is 11.8 Å². The molecule has 0 radical (unpaired) electrons. The second kappa shape index (κ2) is 6.73. The van der Waals surface area contributed by atoms with Crippen LogP contribution in [0.5, 0.6) is 0 Å². The van der Waals surface area contributed by atoms with Gasteiger partial charge in [-0.3, -0.25) is 14.4 Å². The number of aryl methyl sites for hydroxylation is 1. The molecule has 22 heavy (non-hydrogen) atoms. The van der Waals surface area contributed by atoms with Crippen molar-refractivity contribution in [3.05, 3.63) is 35.4 Å². The van der Waals surface area contributed by atoms with Crippen LogP contribution in [0.15, 0.2) is 24.3 Å². The monoisotopic (exact) mass is 302 g/mol. The Bertz CT molecular complexity index is 578. The molecule has 1 aliphatic heterocycles. The molecular formula is C17H22N2O3. The number of piperazine rings is 1. The average Bonchev–Trinajstić information content (AvgIpc) is 2.48. The third-order valence-electron chi connectivity index (χ3n) is 3.79. The summed E-state index contributed by atoms with van der Waals surface area (Å²) in [4.78, 5) is 38.3. The highest BCUT2D eigenvalue weighted by molar-refractivity contribution is 6.43. The van der Waals surface area contributed by atoms with Crippen LogP contribution in [0, 0.1) is 12.8 Å². The van der Waals surface area contributed by atoms with Crippen molar-refractivity contribution >= 4 is 17.6 Å². The van der Waals surface area contributed by atoms with Gasteiger partial charge < -0.3 is 10.2 Å². The van der Waals surface area contributed by atoms with Crippen LogP contribution < -0.4 is 5.32 Å². The Kier molecular flexibility index (Phi) is 4.96. The first-order valence-electron chi connectivity index (χ1n) is 7.60. The number of Topliss-reactive ketones (excluding diaryl/α,β-unsaturated/α-hetero) is 1. The molecule has 1 saturated heterocycles. The molecule has 0 aliphatic carbocycles. The summed E-state index contributed by atoms with van der Waals surface area (Å²) in [6.45, 7) is 6.67. The van der Waals surface area contributed by atoms with Gasteiger partial charge in [-0.15, -0.1) is 0 Å². The average molecular weight is 302 g/mol. The Hall–Kier alpha value is -2.17. The predicted octanol–water partition coefficient (Wildman–Crippen LogP) is 1.55. The van der Waals surface area contributed by atoms with E-state index in [0.29, 0.717) is 25.1 Å². The van der Waals surface area contributed by atoms with Gasteiger partial charge in [-0.2, -0.15) is 0 Å². The van der Waals surface area contributed by atoms with Gasteiger partial charge in [0.25, 0.3) is 5.91 Å². The number of rotatable bonds is 4. The van der Waals surface area contributed by atoms with Gasteiger partial charge in [-0.05, 0) is 19.3 Å². The van der Waals surface area contributed by atoms with Crippen LogP contribution in [0.25, 0.3) is 0 Å². The molecule has 1 N–H and O–H groups in total. The minimum absolute atomic E-state index is 0.176. The molecule has 2 rings (SSSR count). The van der Waals surface area contributed by atoms with E-state index in [1.54, 1.807) is 24.3 Å². The van der Waals surface area contributed by atoms with Crippen LogP contribution in [0.2, 0.25) is 0 Å². The third kappa shape index (κ3) is 3.53. The summed E-state index contributed by atoms with van der Waals surface area (Å²) in [6, 6.07) is 6.34. The highest BCUT2D eigenvalue weighted by Crippen LogP contribution is 2.16. The molecule has 5 heteroatoms. The lowest BCUT2D eigenvalue weighted by molar-refractivity contribution is -0.140. The molecule has 0 spiro atoms. The molecule has 118 valence electrons. The molecule has 1 aromatic rings. The second-order valence-electron chi connectivity index (χ2n) is 6.13. The zero-order valence-corrected chi connectivity index (χ0v) is 13.3. The van der Waals surface area contributed by atoms with Gasteiger partial charge in [-0.25, -0.2) is 0 Å². The van der Waals surface area contributed by atoms with Crippen LogP contribution in [-0.2, 0) is 9.59 Å². The quantitative estimate of drug-likeness (QED) is 0.678. The van der Waals surface area contributed by atoms with E-state index >= 15 is 0 Å². The molecule has 1 aromatic carbocycles. The van der Waals surface area contributed by atoms with Crippen LogP contribution in [0.4, 0.5) is 0 Å². The molecule has 0 saturated carbocycles. The molecule has 5 nitrogen and oxygen atoms in total. The highest BCUT2D eigenvalue weighted by Gasteiger charge is 2.36. The van der Waals surface area contributed by atoms with Crippen molar-refractivity contribution in [3.63, 3.8) is 0 Å². The van der Waals surface area contributed by atoms with Gasteiger partial charge >= 0.3 is 0 Å². The Morgan fingerprint density at radius 3 is 2.50 bits per heavy atom. The molecular weight excluding hydrogens is 280 g/mol. The van der Waals surface area contributed by atoms with Gasteiger partial charge in [-0.1, -0.05) is 43.7 Å². The Balaban J connectivity index is 2.19. The third-order valence-corrected chi connectivity index (χ3v) is 3.79. The normalized spacial score (nSPS) is 18.3. The second-order valence-corrected chi connectivity index (χ2v) is 6.13. The van der Waals surface area contributed by atoms with Crippen molar-refractivity contribution in [2.24, 2.45) is 5.92 Å². The Morgan fingerprint density at radius 1 is 1.27 bits per heavy atom. The fourth-order valence-corrected chi connectivity index (χ4v) is 2.60. The lowest BCUT2D eigenvalue weighted by atomic mass is 9.98. The molecule has 0 aromatic heterocycles. The number of nitrogens with one attached hydrogen (secondary N) is 1. The first kappa shape index (κ1) is 16.2. The number of amides is 2. The largest absolute Gasteiger partial charge is 0.353 e. The SMILES string of the molecule is Cc1ccc(C(=O)C(=O)N2CCNC(=O)[C@@H]2CC(C)C)cc1. The molecule has 1 heterocycles. The van der Waals surface area contributed by atoms with Crippen molar-refractivity contribution in [1.82, 2.24) is 10.2 Å². The van der Waals surface area contributed by atoms with Crippen LogP contribution in [0.3, 0.4) is 0 Å². The number of nitrogens with zero attached hydrogens (tertiary/aromatic N) is 1. The number of carbonyl (C=O) groups is 3. The van der Waals surface area contributed by atoms with E-state index < -0.39 is 17.7 Å². The lowest BCUT2D eigenvalue weighted by Gasteiger charge is -2.35. The first-order chi connectivity index (χ1) is 10.4. The number of hydrogen-bond acceptors (Lipinski definition) is 3. The van der Waals surface area contributed by atoms with Crippen molar-refractivity contribution in [2.45, 2.75) is 33.2 Å². The van der Waals surface area contributed by atoms with Crippen molar-refractivity contribution < 1.29 is 14.4 Å². The zero-order chi connectivity index (χ0) is 16.3. The van der Waals surface area contributed by atoms with E-state index in [1.807, 2.05) is 20.8 Å². The fraction of sp³-hybridized carbons (Fsp3) is 0.471. The van der Waals surface area contributed by atoms with Crippen molar-refractivity contribution in [3.8, 4) is 0 Å². The lowest BCUT2D eigenvalue weighted by Crippen LogP contribution is -2.58. The summed E-state index contributed by atoms with van der Waals surface area (Å²) < 4.78 is 0. The van der Waals surface area contributed by atoms with Gasteiger partial charge in [0.05, 0.1) is 0 Å². The van der Waals surface area contributed by atoms with E-state index in [9.17, 15) is 14.4 Å². The van der Waals surface area contributed by atoms with Crippen molar-refractivity contribution in [2.75, 3.05) is 13.1 Å². The van der Waals surface area contributed by atoms with Crippen LogP contribution in [-0.4, -0.2) is 41.6 Å². The fourth-order valence-electron chi connectivity index (χ4n) is 2.60. The number of carbonyl (C=O) groups excluding carboxylic acids is 3. The summed E-state index contributed by atoms with van der Waals surface area (Å²) in [5.41, 5.74) is 1.39.